The Hall–Kier alpha value is -0.790. The van der Waals surface area contributed by atoms with E-state index in [9.17, 15) is 0 Å². The summed E-state index contributed by atoms with van der Waals surface area (Å²) in [7, 11) is 0. The van der Waals surface area contributed by atoms with E-state index in [4.69, 9.17) is 4.42 Å². The van der Waals surface area contributed by atoms with Crippen LogP contribution in [0.25, 0.3) is 0 Å². The minimum atomic E-state index is 0. The van der Waals surface area contributed by atoms with E-state index >= 15 is 0 Å². The lowest BCUT2D eigenvalue weighted by Gasteiger charge is -1.76. The summed E-state index contributed by atoms with van der Waals surface area (Å²) in [4.78, 5) is 3.85. The molecule has 0 saturated heterocycles. The van der Waals surface area contributed by atoms with Gasteiger partial charge < -0.3 is 4.42 Å². The summed E-state index contributed by atoms with van der Waals surface area (Å²) < 4.78 is 4.85. The second kappa shape index (κ2) is 2.50. The Labute approximate surface area is 49.5 Å². The quantitative estimate of drug-likeness (QED) is 0.513. The Bertz CT molecular complexity index is 141. The van der Waals surface area contributed by atoms with Crippen LogP contribution in [0.5, 0.6) is 0 Å². The Morgan fingerprint density at radius 3 is 2.25 bits per heavy atom. The molecule has 0 aliphatic heterocycles. The average Bonchev–Trinajstić information content (AvgIpc) is 1.91. The molecule has 0 amide bonds. The van der Waals surface area contributed by atoms with Crippen molar-refractivity contribution in [2.45, 2.75) is 21.3 Å². The SMILES string of the molecule is C.Cc1ncoc1C. The molecule has 8 heavy (non-hydrogen) atoms. The van der Waals surface area contributed by atoms with Crippen LogP contribution in [0.3, 0.4) is 0 Å². The summed E-state index contributed by atoms with van der Waals surface area (Å²) in [5, 5.41) is 0. The number of rotatable bonds is 0. The van der Waals surface area contributed by atoms with E-state index < -0.39 is 0 Å². The summed E-state index contributed by atoms with van der Waals surface area (Å²) in [5.74, 6) is 0.903. The topological polar surface area (TPSA) is 26.0 Å². The van der Waals surface area contributed by atoms with Crippen molar-refractivity contribution in [1.82, 2.24) is 4.98 Å². The van der Waals surface area contributed by atoms with Gasteiger partial charge in [-0.05, 0) is 13.8 Å². The molecule has 2 nitrogen and oxygen atoms in total. The highest BCUT2D eigenvalue weighted by Gasteiger charge is 1.90. The molecule has 1 heterocycles. The molecular weight excluding hydrogens is 102 g/mol. The Kier molecular flexibility index (Phi) is 2.25. The molecule has 0 unspecified atom stereocenters. The zero-order valence-corrected chi connectivity index (χ0v) is 4.43. The molecule has 1 aromatic heterocycles. The monoisotopic (exact) mass is 113 g/mol. The molecule has 2 heteroatoms. The second-order valence-electron chi connectivity index (χ2n) is 1.49. The van der Waals surface area contributed by atoms with Gasteiger partial charge in [-0.25, -0.2) is 4.98 Å². The lowest BCUT2D eigenvalue weighted by molar-refractivity contribution is 0.525. The minimum absolute atomic E-state index is 0. The number of nitrogens with zero attached hydrogens (tertiary/aromatic N) is 1. The van der Waals surface area contributed by atoms with Crippen LogP contribution in [0.2, 0.25) is 0 Å². The number of aromatic nitrogens is 1. The molecule has 0 fully saturated rings. The van der Waals surface area contributed by atoms with Gasteiger partial charge in [0, 0.05) is 0 Å². The maximum atomic E-state index is 4.85. The van der Waals surface area contributed by atoms with Gasteiger partial charge in [-0.3, -0.25) is 0 Å². The third kappa shape index (κ3) is 1.09. The van der Waals surface area contributed by atoms with E-state index in [2.05, 4.69) is 4.98 Å². The van der Waals surface area contributed by atoms with E-state index in [1.54, 1.807) is 0 Å². The molecule has 0 radical (unpaired) electrons. The van der Waals surface area contributed by atoms with Gasteiger partial charge in [-0.1, -0.05) is 7.43 Å². The second-order valence-corrected chi connectivity index (χ2v) is 1.49. The van der Waals surface area contributed by atoms with E-state index in [0.29, 0.717) is 0 Å². The van der Waals surface area contributed by atoms with Gasteiger partial charge in [-0.15, -0.1) is 0 Å². The fourth-order valence-corrected chi connectivity index (χ4v) is 0.361. The smallest absolute Gasteiger partial charge is 0.181 e. The van der Waals surface area contributed by atoms with Crippen molar-refractivity contribution in [2.24, 2.45) is 0 Å². The van der Waals surface area contributed by atoms with E-state index in [-0.39, 0.29) is 7.43 Å². The number of oxazole rings is 1. The van der Waals surface area contributed by atoms with Gasteiger partial charge in [0.1, 0.15) is 5.76 Å². The highest BCUT2D eigenvalue weighted by molar-refractivity contribution is 5.00. The molecule has 0 spiro atoms. The van der Waals surface area contributed by atoms with Crippen molar-refractivity contribution in [3.8, 4) is 0 Å². The molecule has 0 bridgehead atoms. The summed E-state index contributed by atoms with van der Waals surface area (Å²) in [6, 6.07) is 0. The Morgan fingerprint density at radius 1 is 1.50 bits per heavy atom. The third-order valence-corrected chi connectivity index (χ3v) is 0.985. The highest BCUT2D eigenvalue weighted by Crippen LogP contribution is 1.99. The van der Waals surface area contributed by atoms with Gasteiger partial charge in [0.05, 0.1) is 5.69 Å². The van der Waals surface area contributed by atoms with Crippen molar-refractivity contribution in [1.29, 1.82) is 0 Å². The predicted octanol–water partition coefficient (Wildman–Crippen LogP) is 1.93. The normalized spacial score (nSPS) is 8.25. The number of aryl methyl sites for hydroxylation is 2. The zero-order valence-electron chi connectivity index (χ0n) is 4.43. The van der Waals surface area contributed by atoms with Crippen molar-refractivity contribution < 1.29 is 4.42 Å². The fraction of sp³-hybridized carbons (Fsp3) is 0.500. The van der Waals surface area contributed by atoms with Crippen molar-refractivity contribution in [2.75, 3.05) is 0 Å². The van der Waals surface area contributed by atoms with E-state index in [0.717, 1.165) is 11.5 Å². The maximum absolute atomic E-state index is 4.85. The Balaban J connectivity index is 0.000000490. The minimum Gasteiger partial charge on any atom is -0.449 e. The molecule has 0 atom stereocenters. The van der Waals surface area contributed by atoms with Crippen LogP contribution in [0, 0.1) is 13.8 Å². The lowest BCUT2D eigenvalue weighted by atomic mass is 10.4. The lowest BCUT2D eigenvalue weighted by Crippen LogP contribution is -1.69. The molecule has 0 aromatic carbocycles. The highest BCUT2D eigenvalue weighted by atomic mass is 16.3. The van der Waals surface area contributed by atoms with Gasteiger partial charge in [0.15, 0.2) is 6.39 Å². The van der Waals surface area contributed by atoms with Gasteiger partial charge in [0.2, 0.25) is 0 Å². The fourth-order valence-electron chi connectivity index (χ4n) is 0.361. The van der Waals surface area contributed by atoms with Crippen molar-refractivity contribution in [3.05, 3.63) is 17.8 Å². The van der Waals surface area contributed by atoms with Crippen LogP contribution in [0.1, 0.15) is 18.9 Å². The molecule has 1 aromatic rings. The van der Waals surface area contributed by atoms with Gasteiger partial charge >= 0.3 is 0 Å². The van der Waals surface area contributed by atoms with Crippen LogP contribution in [0.4, 0.5) is 0 Å². The van der Waals surface area contributed by atoms with Gasteiger partial charge in [-0.2, -0.15) is 0 Å². The van der Waals surface area contributed by atoms with E-state index in [1.165, 1.54) is 6.39 Å². The zero-order chi connectivity index (χ0) is 5.28. The standard InChI is InChI=1S/C5H7NO.CH4/c1-4-5(2)7-3-6-4;/h3H,1-2H3;1H4. The molecule has 0 saturated carbocycles. The molecule has 0 aliphatic rings. The van der Waals surface area contributed by atoms with Crippen LogP contribution < -0.4 is 0 Å². The van der Waals surface area contributed by atoms with Gasteiger partial charge in [0.25, 0.3) is 0 Å². The first kappa shape index (κ1) is 7.21. The predicted molar refractivity (Wildman–Crippen MR) is 32.7 cm³/mol. The van der Waals surface area contributed by atoms with Crippen molar-refractivity contribution in [3.63, 3.8) is 0 Å². The molecule has 0 aliphatic carbocycles. The van der Waals surface area contributed by atoms with E-state index in [1.807, 2.05) is 13.8 Å². The van der Waals surface area contributed by atoms with Crippen LogP contribution in [-0.2, 0) is 0 Å². The summed E-state index contributed by atoms with van der Waals surface area (Å²) in [6.45, 7) is 3.81. The average molecular weight is 113 g/mol. The largest absolute Gasteiger partial charge is 0.449 e. The Morgan fingerprint density at radius 2 is 2.12 bits per heavy atom. The molecule has 0 N–H and O–H groups in total. The van der Waals surface area contributed by atoms with Crippen LogP contribution in [-0.4, -0.2) is 4.98 Å². The first-order valence-electron chi connectivity index (χ1n) is 2.17. The molecule has 1 rings (SSSR count). The number of hydrogen-bond acceptors (Lipinski definition) is 2. The van der Waals surface area contributed by atoms with Crippen LogP contribution in [0.15, 0.2) is 10.8 Å². The summed E-state index contributed by atoms with van der Waals surface area (Å²) in [6.07, 6.45) is 1.45. The molecular formula is C6H11NO. The number of hydrogen-bond donors (Lipinski definition) is 0. The first-order chi connectivity index (χ1) is 3.30. The first-order valence-corrected chi connectivity index (χ1v) is 2.17. The molecule has 46 valence electrons. The third-order valence-electron chi connectivity index (χ3n) is 0.985. The van der Waals surface area contributed by atoms with Crippen molar-refractivity contribution >= 4 is 0 Å². The van der Waals surface area contributed by atoms with Crippen LogP contribution >= 0.6 is 0 Å². The summed E-state index contributed by atoms with van der Waals surface area (Å²) in [5.41, 5.74) is 0.972. The summed E-state index contributed by atoms with van der Waals surface area (Å²) >= 11 is 0. The maximum Gasteiger partial charge on any atom is 0.181 e.